The van der Waals surface area contributed by atoms with Crippen molar-refractivity contribution in [1.82, 2.24) is 9.21 Å². The third kappa shape index (κ3) is 4.65. The first kappa shape index (κ1) is 24.2. The zero-order valence-electron chi connectivity index (χ0n) is 19.3. The Kier molecular flexibility index (Phi) is 6.90. The molecule has 2 fully saturated rings. The number of ether oxygens (including phenoxy) is 1. The van der Waals surface area contributed by atoms with Gasteiger partial charge in [-0.25, -0.2) is 8.42 Å². The summed E-state index contributed by atoms with van der Waals surface area (Å²) in [5.41, 5.74) is 1.28. The van der Waals surface area contributed by atoms with Crippen molar-refractivity contribution < 1.29 is 22.9 Å². The highest BCUT2D eigenvalue weighted by atomic mass is 32.2. The lowest BCUT2D eigenvalue weighted by Crippen LogP contribution is -2.44. The number of likely N-dealkylation sites (tertiary alicyclic amines) is 1. The van der Waals surface area contributed by atoms with Crippen molar-refractivity contribution in [1.29, 1.82) is 0 Å². The number of amides is 1. The highest BCUT2D eigenvalue weighted by Crippen LogP contribution is 2.36. The van der Waals surface area contributed by atoms with E-state index in [1.807, 2.05) is 29.2 Å². The molecule has 2 aliphatic heterocycles. The Morgan fingerprint density at radius 1 is 1.06 bits per heavy atom. The van der Waals surface area contributed by atoms with Crippen molar-refractivity contribution in [3.8, 4) is 5.75 Å². The van der Waals surface area contributed by atoms with E-state index in [-0.39, 0.29) is 41.5 Å². The van der Waals surface area contributed by atoms with Gasteiger partial charge in [0.1, 0.15) is 5.75 Å². The van der Waals surface area contributed by atoms with E-state index in [0.29, 0.717) is 24.9 Å². The predicted octanol–water partition coefficient (Wildman–Crippen LogP) is 3.68. The molecular weight excluding hydrogens is 458 g/mol. The Hall–Kier alpha value is -2.98. The first-order chi connectivity index (χ1) is 16.2. The molecule has 0 spiro atoms. The van der Waals surface area contributed by atoms with Crippen LogP contribution in [0.3, 0.4) is 0 Å². The number of nitrogens with zero attached hydrogens (tertiary/aromatic N) is 3. The largest absolute Gasteiger partial charge is 0.497 e. The molecular formula is C24H29N3O6S. The van der Waals surface area contributed by atoms with Crippen LogP contribution >= 0.6 is 0 Å². The summed E-state index contributed by atoms with van der Waals surface area (Å²) >= 11 is 0. The van der Waals surface area contributed by atoms with Crippen LogP contribution in [0.1, 0.15) is 42.9 Å². The molecule has 182 valence electrons. The third-order valence-corrected chi connectivity index (χ3v) is 8.88. The number of non-ortho nitro benzene ring substituents is 1. The molecule has 1 atom stereocenters. The number of nitro benzene ring substituents is 1. The second kappa shape index (κ2) is 9.71. The Bertz CT molecular complexity index is 1170. The van der Waals surface area contributed by atoms with Gasteiger partial charge in [0, 0.05) is 37.7 Å². The van der Waals surface area contributed by atoms with E-state index in [1.165, 1.54) is 16.4 Å². The normalized spacial score (nSPS) is 19.8. The van der Waals surface area contributed by atoms with Crippen molar-refractivity contribution in [2.45, 2.75) is 43.5 Å². The van der Waals surface area contributed by atoms with Gasteiger partial charge in [-0.15, -0.1) is 0 Å². The number of rotatable bonds is 6. The molecule has 0 aliphatic carbocycles. The van der Waals surface area contributed by atoms with Crippen molar-refractivity contribution in [2.24, 2.45) is 5.92 Å². The molecule has 34 heavy (non-hydrogen) atoms. The molecule has 0 unspecified atom stereocenters. The van der Waals surface area contributed by atoms with Crippen LogP contribution in [0.5, 0.6) is 5.75 Å². The van der Waals surface area contributed by atoms with Gasteiger partial charge in [0.15, 0.2) is 0 Å². The number of nitro groups is 1. The number of benzene rings is 2. The van der Waals surface area contributed by atoms with E-state index < -0.39 is 14.9 Å². The van der Waals surface area contributed by atoms with Crippen LogP contribution in [0.4, 0.5) is 5.69 Å². The zero-order valence-corrected chi connectivity index (χ0v) is 20.2. The average molecular weight is 488 g/mol. The molecule has 1 amide bonds. The zero-order chi connectivity index (χ0) is 24.5. The lowest BCUT2D eigenvalue weighted by atomic mass is 9.95. The molecule has 2 saturated heterocycles. The monoisotopic (exact) mass is 487 g/mol. The molecule has 0 N–H and O–H groups in total. The van der Waals surface area contributed by atoms with Gasteiger partial charge in [-0.05, 0) is 55.9 Å². The van der Waals surface area contributed by atoms with E-state index in [2.05, 4.69) is 0 Å². The van der Waals surface area contributed by atoms with Gasteiger partial charge in [0.25, 0.3) is 5.69 Å². The molecule has 2 aromatic rings. The highest BCUT2D eigenvalue weighted by Gasteiger charge is 2.38. The molecule has 0 aromatic heterocycles. The number of piperidine rings is 1. The number of hydrogen-bond acceptors (Lipinski definition) is 6. The fourth-order valence-corrected chi connectivity index (χ4v) is 6.61. The van der Waals surface area contributed by atoms with Crippen molar-refractivity contribution in [3.05, 3.63) is 63.7 Å². The number of carbonyl (C=O) groups excluding carboxylic acids is 1. The molecule has 0 saturated carbocycles. The van der Waals surface area contributed by atoms with Crippen molar-refractivity contribution in [2.75, 3.05) is 26.7 Å². The van der Waals surface area contributed by atoms with Gasteiger partial charge in [-0.2, -0.15) is 4.31 Å². The van der Waals surface area contributed by atoms with Crippen molar-refractivity contribution in [3.63, 3.8) is 0 Å². The second-order valence-corrected chi connectivity index (χ2v) is 10.8. The van der Waals surface area contributed by atoms with Gasteiger partial charge in [0.05, 0.1) is 23.0 Å². The van der Waals surface area contributed by atoms with Crippen LogP contribution in [0.15, 0.2) is 47.4 Å². The van der Waals surface area contributed by atoms with Gasteiger partial charge in [-0.3, -0.25) is 14.9 Å². The molecule has 2 aromatic carbocycles. The van der Waals surface area contributed by atoms with E-state index in [0.717, 1.165) is 30.2 Å². The van der Waals surface area contributed by atoms with E-state index in [9.17, 15) is 23.3 Å². The summed E-state index contributed by atoms with van der Waals surface area (Å²) in [6, 6.07) is 11.7. The average Bonchev–Trinajstić information content (AvgIpc) is 3.33. The molecule has 2 heterocycles. The first-order valence-corrected chi connectivity index (χ1v) is 12.9. The lowest BCUT2D eigenvalue weighted by molar-refractivity contribution is -0.385. The summed E-state index contributed by atoms with van der Waals surface area (Å²) in [4.78, 5) is 25.8. The SMILES string of the molecule is COc1ccc([C@@H]2CCCN2C(=O)C2CCN(S(=O)(=O)c3cc([N+](=O)[O-])ccc3C)CC2)cc1. The fourth-order valence-electron chi connectivity index (χ4n) is 4.90. The maximum absolute atomic E-state index is 13.4. The van der Waals surface area contributed by atoms with Crippen molar-refractivity contribution >= 4 is 21.6 Å². The number of aryl methyl sites for hydroxylation is 1. The quantitative estimate of drug-likeness (QED) is 0.454. The van der Waals surface area contributed by atoms with Gasteiger partial charge >= 0.3 is 0 Å². The van der Waals surface area contributed by atoms with Gasteiger partial charge in [-0.1, -0.05) is 18.2 Å². The summed E-state index contributed by atoms with van der Waals surface area (Å²) in [5, 5.41) is 11.1. The maximum atomic E-state index is 13.4. The summed E-state index contributed by atoms with van der Waals surface area (Å²) in [6.07, 6.45) is 2.69. The fraction of sp³-hybridized carbons (Fsp3) is 0.458. The van der Waals surface area contributed by atoms with E-state index in [1.54, 1.807) is 14.0 Å². The molecule has 2 aliphatic rings. The third-order valence-electron chi connectivity index (χ3n) is 6.84. The smallest absolute Gasteiger partial charge is 0.270 e. The molecule has 0 bridgehead atoms. The van der Waals surface area contributed by atoms with Gasteiger partial charge in [0.2, 0.25) is 15.9 Å². The number of methoxy groups -OCH3 is 1. The Balaban J connectivity index is 1.44. The van der Waals surface area contributed by atoms with Crippen LogP contribution < -0.4 is 4.74 Å². The molecule has 9 nitrogen and oxygen atoms in total. The minimum Gasteiger partial charge on any atom is -0.497 e. The lowest BCUT2D eigenvalue weighted by Gasteiger charge is -2.34. The minimum atomic E-state index is -3.89. The predicted molar refractivity (Wildman–Crippen MR) is 126 cm³/mol. The topological polar surface area (TPSA) is 110 Å². The molecule has 4 rings (SSSR count). The summed E-state index contributed by atoms with van der Waals surface area (Å²) < 4.78 is 33.0. The summed E-state index contributed by atoms with van der Waals surface area (Å²) in [7, 11) is -2.27. The van der Waals surface area contributed by atoms with Crippen LogP contribution in [-0.2, 0) is 14.8 Å². The number of carbonyl (C=O) groups is 1. The van der Waals surface area contributed by atoms with E-state index >= 15 is 0 Å². The molecule has 10 heteroatoms. The first-order valence-electron chi connectivity index (χ1n) is 11.4. The van der Waals surface area contributed by atoms with Crippen LogP contribution in [0, 0.1) is 23.0 Å². The van der Waals surface area contributed by atoms with E-state index in [4.69, 9.17) is 4.74 Å². The number of sulfonamides is 1. The Morgan fingerprint density at radius 2 is 1.74 bits per heavy atom. The second-order valence-electron chi connectivity index (χ2n) is 8.85. The Labute approximate surface area is 199 Å². The number of hydrogen-bond donors (Lipinski definition) is 0. The van der Waals surface area contributed by atoms with Crippen LogP contribution in [-0.4, -0.2) is 55.2 Å². The summed E-state index contributed by atoms with van der Waals surface area (Å²) in [5.74, 6) is 0.602. The molecule has 0 radical (unpaired) electrons. The maximum Gasteiger partial charge on any atom is 0.270 e. The minimum absolute atomic E-state index is 0.0210. The summed E-state index contributed by atoms with van der Waals surface area (Å²) in [6.45, 7) is 2.74. The highest BCUT2D eigenvalue weighted by molar-refractivity contribution is 7.89. The van der Waals surface area contributed by atoms with Gasteiger partial charge < -0.3 is 9.64 Å². The van der Waals surface area contributed by atoms with Crippen LogP contribution in [0.25, 0.3) is 0 Å². The standard InChI is InChI=1S/C24H29N3O6S/c1-17-5-8-20(27(29)30)16-23(17)34(31,32)25-14-11-19(12-15-25)24(28)26-13-3-4-22(26)18-6-9-21(33-2)10-7-18/h5-10,16,19,22H,3-4,11-15H2,1-2H3/t22-/m0/s1. The Morgan fingerprint density at radius 3 is 2.35 bits per heavy atom. The van der Waals surface area contributed by atoms with Crippen LogP contribution in [0.2, 0.25) is 0 Å².